The van der Waals surface area contributed by atoms with Crippen LogP contribution in [0, 0.1) is 17.5 Å². The maximum Gasteiger partial charge on any atom is 0.335 e. The van der Waals surface area contributed by atoms with Gasteiger partial charge in [0.25, 0.3) is 10.0 Å². The molecule has 0 bridgehead atoms. The van der Waals surface area contributed by atoms with Crippen molar-refractivity contribution in [2.75, 3.05) is 4.72 Å². The quantitative estimate of drug-likeness (QED) is 0.902. The van der Waals surface area contributed by atoms with Crippen molar-refractivity contribution in [2.24, 2.45) is 0 Å². The Morgan fingerprint density at radius 1 is 1.00 bits per heavy atom. The number of hydrogen-bond donors (Lipinski definition) is 2. The highest BCUT2D eigenvalue weighted by molar-refractivity contribution is 7.92. The summed E-state index contributed by atoms with van der Waals surface area (Å²) in [6, 6.07) is 4.63. The summed E-state index contributed by atoms with van der Waals surface area (Å²) in [6.45, 7) is 0. The van der Waals surface area contributed by atoms with Crippen LogP contribution >= 0.6 is 0 Å². The molecule has 0 spiro atoms. The van der Waals surface area contributed by atoms with E-state index in [1.807, 2.05) is 0 Å². The van der Waals surface area contributed by atoms with Crippen molar-refractivity contribution in [1.29, 1.82) is 0 Å². The third-order valence-corrected chi connectivity index (χ3v) is 4.02. The van der Waals surface area contributed by atoms with Crippen LogP contribution < -0.4 is 4.72 Å². The van der Waals surface area contributed by atoms with Gasteiger partial charge in [0.05, 0.1) is 10.5 Å². The van der Waals surface area contributed by atoms with Gasteiger partial charge in [-0.15, -0.1) is 0 Å². The minimum atomic E-state index is -4.36. The number of benzene rings is 2. The van der Waals surface area contributed by atoms with E-state index in [1.54, 1.807) is 4.72 Å². The number of sulfonamides is 1. The third-order valence-electron chi connectivity index (χ3n) is 2.65. The van der Waals surface area contributed by atoms with Gasteiger partial charge in [-0.05, 0) is 24.3 Å². The summed E-state index contributed by atoms with van der Waals surface area (Å²) in [5.74, 6) is -5.28. The predicted molar refractivity (Wildman–Crippen MR) is 70.5 cm³/mol. The van der Waals surface area contributed by atoms with Crippen LogP contribution in [0.1, 0.15) is 10.4 Å². The number of halogens is 3. The van der Waals surface area contributed by atoms with Crippen LogP contribution in [-0.2, 0) is 10.0 Å². The van der Waals surface area contributed by atoms with Gasteiger partial charge in [0.2, 0.25) is 0 Å². The Morgan fingerprint density at radius 2 is 1.50 bits per heavy atom. The number of hydrogen-bond acceptors (Lipinski definition) is 3. The smallest absolute Gasteiger partial charge is 0.335 e. The number of carbonyl (C=O) groups is 1. The van der Waals surface area contributed by atoms with Crippen LogP contribution in [0.3, 0.4) is 0 Å². The molecule has 2 aromatic rings. The van der Waals surface area contributed by atoms with Crippen LogP contribution in [0.2, 0.25) is 0 Å². The minimum absolute atomic E-state index is 0.155. The summed E-state index contributed by atoms with van der Waals surface area (Å²) in [5.41, 5.74) is -1.18. The Labute approximate surface area is 123 Å². The van der Waals surface area contributed by atoms with E-state index in [9.17, 15) is 26.4 Å². The summed E-state index contributed by atoms with van der Waals surface area (Å²) in [4.78, 5) is 10.3. The standard InChI is InChI=1S/C13H8F3NO4S/c14-8-5-10(15)12(11(16)6-8)17-22(20,21)9-3-1-7(2-4-9)13(18)19/h1-6,17H,(H,18,19). The van der Waals surface area contributed by atoms with E-state index >= 15 is 0 Å². The lowest BCUT2D eigenvalue weighted by Crippen LogP contribution is -2.15. The zero-order chi connectivity index (χ0) is 16.5. The molecule has 0 unspecified atom stereocenters. The summed E-state index contributed by atoms with van der Waals surface area (Å²) >= 11 is 0. The lowest BCUT2D eigenvalue weighted by Gasteiger charge is -2.10. The molecule has 0 amide bonds. The lowest BCUT2D eigenvalue weighted by molar-refractivity contribution is 0.0696. The van der Waals surface area contributed by atoms with Crippen molar-refractivity contribution < 1.29 is 31.5 Å². The van der Waals surface area contributed by atoms with Crippen LogP contribution in [-0.4, -0.2) is 19.5 Å². The third kappa shape index (κ3) is 3.19. The van der Waals surface area contributed by atoms with Crippen molar-refractivity contribution >= 4 is 21.7 Å². The molecular formula is C13H8F3NO4S. The maximum atomic E-state index is 13.4. The summed E-state index contributed by atoms with van der Waals surface area (Å²) in [5, 5.41) is 8.71. The largest absolute Gasteiger partial charge is 0.478 e. The van der Waals surface area contributed by atoms with Gasteiger partial charge >= 0.3 is 5.97 Å². The topological polar surface area (TPSA) is 83.5 Å². The fourth-order valence-electron chi connectivity index (χ4n) is 1.61. The second-order valence-corrected chi connectivity index (χ2v) is 5.86. The highest BCUT2D eigenvalue weighted by Gasteiger charge is 2.20. The summed E-state index contributed by atoms with van der Waals surface area (Å²) in [6.07, 6.45) is 0. The minimum Gasteiger partial charge on any atom is -0.478 e. The first kappa shape index (κ1) is 15.8. The van der Waals surface area contributed by atoms with Gasteiger partial charge in [-0.25, -0.2) is 26.4 Å². The molecule has 0 radical (unpaired) electrons. The van der Waals surface area contributed by atoms with E-state index in [0.717, 1.165) is 24.3 Å². The van der Waals surface area contributed by atoms with Crippen molar-refractivity contribution in [1.82, 2.24) is 0 Å². The molecule has 0 saturated heterocycles. The van der Waals surface area contributed by atoms with Gasteiger partial charge in [-0.2, -0.15) is 0 Å². The molecule has 0 saturated carbocycles. The zero-order valence-corrected chi connectivity index (χ0v) is 11.5. The lowest BCUT2D eigenvalue weighted by atomic mass is 10.2. The fraction of sp³-hybridized carbons (Fsp3) is 0. The second-order valence-electron chi connectivity index (χ2n) is 4.18. The number of rotatable bonds is 4. The highest BCUT2D eigenvalue weighted by Crippen LogP contribution is 2.23. The first-order chi connectivity index (χ1) is 10.2. The molecule has 5 nitrogen and oxygen atoms in total. The average Bonchev–Trinajstić information content (AvgIpc) is 2.43. The molecule has 0 heterocycles. The van der Waals surface area contributed by atoms with E-state index in [4.69, 9.17) is 5.11 Å². The highest BCUT2D eigenvalue weighted by atomic mass is 32.2. The molecule has 2 aromatic carbocycles. The first-order valence-electron chi connectivity index (χ1n) is 5.71. The molecular weight excluding hydrogens is 323 g/mol. The van der Waals surface area contributed by atoms with E-state index in [-0.39, 0.29) is 5.56 Å². The van der Waals surface area contributed by atoms with E-state index in [0.29, 0.717) is 12.1 Å². The van der Waals surface area contributed by atoms with Crippen LogP contribution in [0.15, 0.2) is 41.3 Å². The number of nitrogens with one attached hydrogen (secondary N) is 1. The molecule has 0 fully saturated rings. The van der Waals surface area contributed by atoms with E-state index in [2.05, 4.69) is 0 Å². The maximum absolute atomic E-state index is 13.4. The van der Waals surface area contributed by atoms with E-state index in [1.165, 1.54) is 0 Å². The van der Waals surface area contributed by atoms with Crippen molar-refractivity contribution in [3.05, 3.63) is 59.4 Å². The van der Waals surface area contributed by atoms with Crippen molar-refractivity contribution in [3.63, 3.8) is 0 Å². The fourth-order valence-corrected chi connectivity index (χ4v) is 2.69. The van der Waals surface area contributed by atoms with Gasteiger partial charge in [0.1, 0.15) is 11.5 Å². The monoisotopic (exact) mass is 331 g/mol. The molecule has 0 aromatic heterocycles. The van der Waals surface area contributed by atoms with Crippen molar-refractivity contribution in [3.8, 4) is 0 Å². The molecule has 2 N–H and O–H groups in total. The molecule has 116 valence electrons. The second kappa shape index (κ2) is 5.68. The molecule has 22 heavy (non-hydrogen) atoms. The number of carboxylic acids is 1. The average molecular weight is 331 g/mol. The predicted octanol–water partition coefficient (Wildman–Crippen LogP) is 2.60. The SMILES string of the molecule is O=C(O)c1ccc(S(=O)(=O)Nc2c(F)cc(F)cc2F)cc1. The van der Waals surface area contributed by atoms with Gasteiger partial charge in [0.15, 0.2) is 11.6 Å². The van der Waals surface area contributed by atoms with Gasteiger partial charge in [-0.1, -0.05) is 0 Å². The zero-order valence-electron chi connectivity index (χ0n) is 10.7. The summed E-state index contributed by atoms with van der Waals surface area (Å²) in [7, 11) is -4.36. The molecule has 0 atom stereocenters. The van der Waals surface area contributed by atoms with Crippen LogP contribution in [0.4, 0.5) is 18.9 Å². The Kier molecular flexibility index (Phi) is 4.09. The molecule has 0 aliphatic heterocycles. The number of carboxylic acid groups (broad SMARTS) is 1. The van der Waals surface area contributed by atoms with Gasteiger partial charge in [-0.3, -0.25) is 4.72 Å². The van der Waals surface area contributed by atoms with Crippen LogP contribution in [0.5, 0.6) is 0 Å². The Balaban J connectivity index is 2.38. The number of aromatic carboxylic acids is 1. The Morgan fingerprint density at radius 3 is 1.95 bits per heavy atom. The molecule has 9 heteroatoms. The molecule has 0 aliphatic rings. The Bertz CT molecular complexity index is 812. The first-order valence-corrected chi connectivity index (χ1v) is 7.20. The number of anilines is 1. The molecule has 2 rings (SSSR count). The van der Waals surface area contributed by atoms with Crippen molar-refractivity contribution in [2.45, 2.75) is 4.90 Å². The van der Waals surface area contributed by atoms with Crippen LogP contribution in [0.25, 0.3) is 0 Å². The normalized spacial score (nSPS) is 11.2. The molecule has 0 aliphatic carbocycles. The summed E-state index contributed by atoms with van der Waals surface area (Å²) < 4.78 is 65.3. The van der Waals surface area contributed by atoms with Gasteiger partial charge in [0, 0.05) is 12.1 Å². The van der Waals surface area contributed by atoms with E-state index < -0.39 is 44.0 Å². The Hall–Kier alpha value is -2.55. The van der Waals surface area contributed by atoms with Gasteiger partial charge < -0.3 is 5.11 Å².